The first kappa shape index (κ1) is 8.63. The molecule has 8 heavy (non-hydrogen) atoms. The van der Waals surface area contributed by atoms with Gasteiger partial charge in [0.15, 0.2) is 0 Å². The molecule has 0 aliphatic carbocycles. The van der Waals surface area contributed by atoms with Crippen LogP contribution in [0.2, 0.25) is 0 Å². The number of thiol groups is 1. The molecule has 0 fully saturated rings. The van der Waals surface area contributed by atoms with Gasteiger partial charge < -0.3 is 0 Å². The Balaban J connectivity index is 5.14. The first-order chi connectivity index (χ1) is 2.65. The van der Waals surface area contributed by atoms with E-state index in [1.807, 2.05) is 0 Å². The van der Waals surface area contributed by atoms with Gasteiger partial charge in [-0.25, -0.2) is 0 Å². The van der Waals surface area contributed by atoms with E-state index in [0.717, 1.165) is 0 Å². The molecule has 0 amide bonds. The molecule has 0 aromatic carbocycles. The molecule has 0 bridgehead atoms. The third kappa shape index (κ3) is 530. The minimum atomic E-state index is -8.63. The Morgan fingerprint density at radius 1 is 0.750 bits per heavy atom. The van der Waals surface area contributed by atoms with Crippen molar-refractivity contribution in [2.45, 2.75) is 0 Å². The van der Waals surface area contributed by atoms with Crippen LogP contribution in [-0.2, 0) is 10.5 Å². The minimum absolute atomic E-state index is 2.07. The summed E-state index contributed by atoms with van der Waals surface area (Å²) in [6.07, 6.45) is 0. The van der Waals surface area contributed by atoms with Crippen LogP contribution in [0.1, 0.15) is 0 Å². The van der Waals surface area contributed by atoms with E-state index in [1.165, 1.54) is 0 Å². The van der Waals surface area contributed by atoms with Gasteiger partial charge in [0.25, 0.3) is 0 Å². The van der Waals surface area contributed by atoms with Crippen molar-refractivity contribution in [3.63, 3.8) is 0 Å². The molecule has 0 aliphatic heterocycles. The monoisotopic (exact) mass is 191 g/mol. The molecular formula is H7FeO6S. The van der Waals surface area contributed by atoms with Crippen LogP contribution in [0, 0.1) is 0 Å². The average molecular weight is 191 g/mol. The van der Waals surface area contributed by atoms with Crippen LogP contribution >= 0.6 is 11.0 Å². The Labute approximate surface area is 47.3 Å². The zero-order valence-corrected chi connectivity index (χ0v) is 5.48. The van der Waals surface area contributed by atoms with Crippen molar-refractivity contribution >= 4 is 11.0 Å². The molecule has 0 rings (SSSR count). The summed E-state index contributed by atoms with van der Waals surface area (Å²) in [7, 11) is -8.63. The molecule has 0 atom stereocenters. The van der Waals surface area contributed by atoms with Gasteiger partial charge in [-0.15, -0.1) is 0 Å². The van der Waals surface area contributed by atoms with E-state index in [4.69, 9.17) is 25.1 Å². The van der Waals surface area contributed by atoms with E-state index >= 15 is 0 Å². The number of hydrogen-bond acceptors (Lipinski definition) is 7. The molecule has 0 radical (unpaired) electrons. The van der Waals surface area contributed by atoms with E-state index in [0.29, 0.717) is 0 Å². The van der Waals surface area contributed by atoms with Crippen molar-refractivity contribution in [2.24, 2.45) is 0 Å². The van der Waals surface area contributed by atoms with Gasteiger partial charge in [0.2, 0.25) is 0 Å². The quantitative estimate of drug-likeness (QED) is 0.162. The number of rotatable bonds is 0. The Kier molecular flexibility index (Phi) is 0.773. The molecule has 0 aliphatic rings. The Morgan fingerprint density at radius 3 is 0.750 bits per heavy atom. The fourth-order valence-electron chi connectivity index (χ4n) is 0. The third-order valence-corrected chi connectivity index (χ3v) is 0. The van der Waals surface area contributed by atoms with Gasteiger partial charge in [0, 0.05) is 0 Å². The summed E-state index contributed by atoms with van der Waals surface area (Å²) >= 11 is 2.07. The normalized spacial score (nSPS) is 27.1. The molecule has 6 nitrogen and oxygen atoms in total. The molecule has 0 spiro atoms. The molecule has 8 heteroatoms. The topological polar surface area (TPSA) is 121 Å². The molecule has 0 unspecified atom stereocenters. The second-order valence-electron chi connectivity index (χ2n) is 1.48. The van der Waals surface area contributed by atoms with Crippen LogP contribution in [0.15, 0.2) is 0 Å². The van der Waals surface area contributed by atoms with Crippen LogP contribution in [-0.4, -0.2) is 25.1 Å². The third-order valence-electron chi connectivity index (χ3n) is 0. The standard InChI is InChI=1S/Fe.6H2O.H2S/h;7*1H2/q+7;;;;;;;/p-7. The first-order valence-corrected chi connectivity index (χ1v) is 5.87. The Hall–Kier alpha value is 0.629. The van der Waals surface area contributed by atoms with Gasteiger partial charge in [0.1, 0.15) is 0 Å². The van der Waals surface area contributed by atoms with Crippen LogP contribution < -0.4 is 0 Å². The van der Waals surface area contributed by atoms with E-state index in [-0.39, 0.29) is 0 Å². The maximum absolute atomic E-state index is 8.63. The summed E-state index contributed by atoms with van der Waals surface area (Å²) in [6.45, 7) is 0. The summed E-state index contributed by atoms with van der Waals surface area (Å²) in [5.41, 5.74) is 0. The van der Waals surface area contributed by atoms with Crippen LogP contribution in [0.3, 0.4) is 0 Å². The van der Waals surface area contributed by atoms with Crippen molar-refractivity contribution in [1.29, 1.82) is 0 Å². The Morgan fingerprint density at radius 2 is 0.750 bits per heavy atom. The maximum atomic E-state index is 7.70. The first-order valence-electron chi connectivity index (χ1n) is 1.11. The zero-order valence-electron chi connectivity index (χ0n) is 3.48. The molecule has 0 aromatic heterocycles. The molecule has 0 heterocycles. The second-order valence-corrected chi connectivity index (χ2v) is 9.62. The van der Waals surface area contributed by atoms with Crippen molar-refractivity contribution in [2.75, 3.05) is 0 Å². The summed E-state index contributed by atoms with van der Waals surface area (Å²) in [6, 6.07) is 0. The van der Waals surface area contributed by atoms with E-state index in [9.17, 15) is 0 Å². The van der Waals surface area contributed by atoms with Crippen molar-refractivity contribution < 1.29 is 35.7 Å². The predicted octanol–water partition coefficient (Wildman–Crippen LogP) is -2.96. The Bertz CT molecular complexity index is 101. The van der Waals surface area contributed by atoms with Gasteiger partial charge in [-0.1, -0.05) is 0 Å². The zero-order chi connectivity index (χ0) is 7.38. The van der Waals surface area contributed by atoms with Gasteiger partial charge in [0.05, 0.1) is 0 Å². The van der Waals surface area contributed by atoms with Crippen LogP contribution in [0.5, 0.6) is 0 Å². The second kappa shape index (κ2) is 0.717. The van der Waals surface area contributed by atoms with Crippen LogP contribution in [0.4, 0.5) is 0 Å². The summed E-state index contributed by atoms with van der Waals surface area (Å²) in [4.78, 5) is 0. The summed E-state index contributed by atoms with van der Waals surface area (Å²) < 4.78 is 46.2. The van der Waals surface area contributed by atoms with Crippen LogP contribution in [0.25, 0.3) is 0 Å². The molecule has 57 valence electrons. The molecule has 0 saturated heterocycles. The van der Waals surface area contributed by atoms with Gasteiger partial charge in [-0.3, -0.25) is 0 Å². The van der Waals surface area contributed by atoms with Gasteiger partial charge in [-0.2, -0.15) is 0 Å². The SMILES string of the molecule is [OH][Fe]([OH])([OH])([OH])([OH])([OH])[SH]. The molecule has 6 N–H and O–H groups in total. The van der Waals surface area contributed by atoms with E-state index in [1.54, 1.807) is 0 Å². The van der Waals surface area contributed by atoms with Crippen molar-refractivity contribution in [3.05, 3.63) is 0 Å². The molecular weight excluding hydrogens is 184 g/mol. The van der Waals surface area contributed by atoms with Gasteiger partial charge in [-0.05, 0) is 0 Å². The van der Waals surface area contributed by atoms with E-state index < -0.39 is 10.5 Å². The van der Waals surface area contributed by atoms with Gasteiger partial charge >= 0.3 is 46.7 Å². The average Bonchev–Trinajstić information content (AvgIpc) is 0.544. The van der Waals surface area contributed by atoms with Crippen molar-refractivity contribution in [1.82, 2.24) is 0 Å². The fourth-order valence-corrected chi connectivity index (χ4v) is 0. The summed E-state index contributed by atoms with van der Waals surface area (Å²) in [5, 5.41) is 0. The predicted molar refractivity (Wildman–Crippen MR) is 22.3 cm³/mol. The van der Waals surface area contributed by atoms with Crippen molar-refractivity contribution in [3.8, 4) is 0 Å². The fraction of sp³-hybridized carbons (Fsp3) is 0. The van der Waals surface area contributed by atoms with E-state index in [2.05, 4.69) is 11.0 Å². The summed E-state index contributed by atoms with van der Waals surface area (Å²) in [5.74, 6) is 0. The number of hydrogen-bond donors (Lipinski definition) is 7. The molecule has 0 saturated carbocycles. The molecule has 0 aromatic rings.